The lowest BCUT2D eigenvalue weighted by Crippen LogP contribution is -2.41. The second-order valence-corrected chi connectivity index (χ2v) is 3.85. The largest absolute Gasteiger partial charge is 0.365 e. The number of rotatable bonds is 2. The summed E-state index contributed by atoms with van der Waals surface area (Å²) in [6.07, 6.45) is 3.56. The van der Waals surface area contributed by atoms with Gasteiger partial charge < -0.3 is 14.7 Å². The molecule has 0 saturated heterocycles. The summed E-state index contributed by atoms with van der Waals surface area (Å²) in [4.78, 5) is 2.22. The molecule has 3 nitrogen and oxygen atoms in total. The first kappa shape index (κ1) is 9.96. The second-order valence-electron chi connectivity index (χ2n) is 3.85. The van der Waals surface area contributed by atoms with Crippen molar-refractivity contribution in [1.82, 2.24) is 4.90 Å². The molecule has 0 aromatic rings. The van der Waals surface area contributed by atoms with Gasteiger partial charge in [0.25, 0.3) is 0 Å². The lowest BCUT2D eigenvalue weighted by molar-refractivity contribution is -0.208. The fourth-order valence-electron chi connectivity index (χ4n) is 1.77. The fraction of sp³-hybridized carbons (Fsp3) is 1.00. The summed E-state index contributed by atoms with van der Waals surface area (Å²) in [6, 6.07) is 0.612. The molecule has 3 heteroatoms. The van der Waals surface area contributed by atoms with Gasteiger partial charge in [0.2, 0.25) is 0 Å². The van der Waals surface area contributed by atoms with Gasteiger partial charge in [0.15, 0.2) is 5.79 Å². The van der Waals surface area contributed by atoms with Crippen molar-refractivity contribution in [3.8, 4) is 0 Å². The highest BCUT2D eigenvalue weighted by Gasteiger charge is 2.33. The Labute approximate surface area is 74.3 Å². The molecule has 0 amide bonds. The number of methoxy groups -OCH3 is 1. The van der Waals surface area contributed by atoms with E-state index in [0.29, 0.717) is 6.04 Å². The zero-order valence-corrected chi connectivity index (χ0v) is 8.21. The quantitative estimate of drug-likeness (QED) is 0.628. The lowest BCUT2D eigenvalue weighted by atomic mass is 9.89. The van der Waals surface area contributed by atoms with Crippen LogP contribution < -0.4 is 0 Å². The minimum Gasteiger partial charge on any atom is -0.365 e. The first-order valence-corrected chi connectivity index (χ1v) is 4.51. The van der Waals surface area contributed by atoms with E-state index in [1.807, 2.05) is 0 Å². The van der Waals surface area contributed by atoms with Crippen molar-refractivity contribution in [3.05, 3.63) is 0 Å². The van der Waals surface area contributed by atoms with Crippen molar-refractivity contribution in [2.45, 2.75) is 37.5 Å². The maximum atomic E-state index is 9.74. The highest BCUT2D eigenvalue weighted by molar-refractivity contribution is 4.81. The van der Waals surface area contributed by atoms with Crippen LogP contribution >= 0.6 is 0 Å². The van der Waals surface area contributed by atoms with Crippen LogP contribution in [0.2, 0.25) is 0 Å². The van der Waals surface area contributed by atoms with Gasteiger partial charge in [-0.1, -0.05) is 0 Å². The molecule has 0 spiro atoms. The van der Waals surface area contributed by atoms with Crippen molar-refractivity contribution < 1.29 is 9.84 Å². The Morgan fingerprint density at radius 1 is 1.33 bits per heavy atom. The van der Waals surface area contributed by atoms with E-state index in [1.54, 1.807) is 7.11 Å². The summed E-state index contributed by atoms with van der Waals surface area (Å²) in [6.45, 7) is 0. The molecule has 0 aromatic carbocycles. The third-order valence-corrected chi connectivity index (χ3v) is 2.85. The standard InChI is InChI=1S/C9H19NO2/c1-10(2)8-4-6-9(11,12-3)7-5-8/h8,11H,4-7H2,1-3H3. The van der Waals surface area contributed by atoms with Gasteiger partial charge in [-0.25, -0.2) is 0 Å². The lowest BCUT2D eigenvalue weighted by Gasteiger charge is -2.37. The molecular weight excluding hydrogens is 154 g/mol. The van der Waals surface area contributed by atoms with Crippen LogP contribution in [-0.2, 0) is 4.74 Å². The minimum atomic E-state index is -0.841. The van der Waals surface area contributed by atoms with E-state index in [2.05, 4.69) is 19.0 Å². The molecule has 1 rings (SSSR count). The highest BCUT2D eigenvalue weighted by atomic mass is 16.6. The summed E-state index contributed by atoms with van der Waals surface area (Å²) in [5.74, 6) is -0.841. The van der Waals surface area contributed by atoms with E-state index in [-0.39, 0.29) is 0 Å². The van der Waals surface area contributed by atoms with E-state index >= 15 is 0 Å². The van der Waals surface area contributed by atoms with Crippen LogP contribution in [0.25, 0.3) is 0 Å². The molecule has 1 fully saturated rings. The Morgan fingerprint density at radius 2 is 1.83 bits per heavy atom. The zero-order chi connectivity index (χ0) is 9.19. The Kier molecular flexibility index (Phi) is 3.09. The van der Waals surface area contributed by atoms with E-state index < -0.39 is 5.79 Å². The molecule has 1 saturated carbocycles. The molecule has 0 unspecified atom stereocenters. The maximum absolute atomic E-state index is 9.74. The van der Waals surface area contributed by atoms with E-state index in [0.717, 1.165) is 25.7 Å². The molecule has 0 heterocycles. The first-order valence-electron chi connectivity index (χ1n) is 4.51. The van der Waals surface area contributed by atoms with Gasteiger partial charge in [0.1, 0.15) is 0 Å². The fourth-order valence-corrected chi connectivity index (χ4v) is 1.77. The molecule has 0 aliphatic heterocycles. The van der Waals surface area contributed by atoms with Crippen LogP contribution in [0.4, 0.5) is 0 Å². The molecule has 12 heavy (non-hydrogen) atoms. The van der Waals surface area contributed by atoms with Gasteiger partial charge in [0, 0.05) is 26.0 Å². The third-order valence-electron chi connectivity index (χ3n) is 2.85. The van der Waals surface area contributed by atoms with Gasteiger partial charge in [-0.3, -0.25) is 0 Å². The summed E-state index contributed by atoms with van der Waals surface area (Å²) in [5.41, 5.74) is 0. The van der Waals surface area contributed by atoms with Crippen LogP contribution in [0.15, 0.2) is 0 Å². The summed E-state index contributed by atoms with van der Waals surface area (Å²) in [7, 11) is 5.75. The molecular formula is C9H19NO2. The van der Waals surface area contributed by atoms with Gasteiger partial charge in [-0.2, -0.15) is 0 Å². The number of aliphatic hydroxyl groups is 1. The minimum absolute atomic E-state index is 0.612. The summed E-state index contributed by atoms with van der Waals surface area (Å²) >= 11 is 0. The summed E-state index contributed by atoms with van der Waals surface area (Å²) in [5, 5.41) is 9.74. The van der Waals surface area contributed by atoms with Gasteiger partial charge in [0.05, 0.1) is 0 Å². The van der Waals surface area contributed by atoms with Crippen molar-refractivity contribution in [3.63, 3.8) is 0 Å². The average molecular weight is 173 g/mol. The number of nitrogens with zero attached hydrogens (tertiary/aromatic N) is 1. The normalized spacial score (nSPS) is 37.2. The average Bonchev–Trinajstić information content (AvgIpc) is 2.05. The molecule has 0 atom stereocenters. The number of hydrogen-bond acceptors (Lipinski definition) is 3. The molecule has 0 radical (unpaired) electrons. The van der Waals surface area contributed by atoms with Crippen molar-refractivity contribution >= 4 is 0 Å². The summed E-state index contributed by atoms with van der Waals surface area (Å²) < 4.78 is 5.04. The Hall–Kier alpha value is -0.120. The predicted molar refractivity (Wildman–Crippen MR) is 47.9 cm³/mol. The van der Waals surface area contributed by atoms with Gasteiger partial charge in [-0.05, 0) is 26.9 Å². The molecule has 1 N–H and O–H groups in total. The van der Waals surface area contributed by atoms with Crippen molar-refractivity contribution in [2.75, 3.05) is 21.2 Å². The molecule has 1 aliphatic carbocycles. The topological polar surface area (TPSA) is 32.7 Å². The molecule has 1 aliphatic rings. The van der Waals surface area contributed by atoms with Crippen LogP contribution in [0.3, 0.4) is 0 Å². The first-order chi connectivity index (χ1) is 5.57. The SMILES string of the molecule is COC1(O)CCC(N(C)C)CC1. The van der Waals surface area contributed by atoms with Crippen LogP contribution in [0, 0.1) is 0 Å². The maximum Gasteiger partial charge on any atom is 0.165 e. The van der Waals surface area contributed by atoms with E-state index in [9.17, 15) is 5.11 Å². The molecule has 0 bridgehead atoms. The smallest absolute Gasteiger partial charge is 0.165 e. The van der Waals surface area contributed by atoms with Crippen LogP contribution in [0.1, 0.15) is 25.7 Å². The Bertz CT molecular complexity index is 139. The predicted octanol–water partition coefficient (Wildman–Crippen LogP) is 0.826. The Morgan fingerprint density at radius 3 is 2.17 bits per heavy atom. The second kappa shape index (κ2) is 3.73. The number of ether oxygens (including phenoxy) is 1. The van der Waals surface area contributed by atoms with Crippen LogP contribution in [0.5, 0.6) is 0 Å². The zero-order valence-electron chi connectivity index (χ0n) is 8.21. The van der Waals surface area contributed by atoms with Crippen molar-refractivity contribution in [1.29, 1.82) is 0 Å². The molecule has 0 aromatic heterocycles. The van der Waals surface area contributed by atoms with Crippen LogP contribution in [-0.4, -0.2) is 43.0 Å². The Balaban J connectivity index is 2.39. The van der Waals surface area contributed by atoms with E-state index in [4.69, 9.17) is 4.74 Å². The highest BCUT2D eigenvalue weighted by Crippen LogP contribution is 2.30. The monoisotopic (exact) mass is 173 g/mol. The number of hydrogen-bond donors (Lipinski definition) is 1. The molecule has 72 valence electrons. The van der Waals surface area contributed by atoms with Gasteiger partial charge >= 0.3 is 0 Å². The van der Waals surface area contributed by atoms with Gasteiger partial charge in [-0.15, -0.1) is 0 Å². The van der Waals surface area contributed by atoms with Crippen molar-refractivity contribution in [2.24, 2.45) is 0 Å². The third kappa shape index (κ3) is 2.19. The van der Waals surface area contributed by atoms with E-state index in [1.165, 1.54) is 0 Å².